The van der Waals surface area contributed by atoms with E-state index in [1.54, 1.807) is 0 Å². The van der Waals surface area contributed by atoms with E-state index < -0.39 is 21.5 Å². The summed E-state index contributed by atoms with van der Waals surface area (Å²) < 4.78 is 0. The average molecular weight is 328 g/mol. The van der Waals surface area contributed by atoms with Crippen molar-refractivity contribution in [3.8, 4) is 5.75 Å². The summed E-state index contributed by atoms with van der Waals surface area (Å²) in [6, 6.07) is 7.02. The maximum atomic E-state index is 12.0. The summed E-state index contributed by atoms with van der Waals surface area (Å²) in [5.41, 5.74) is -0.171. The minimum absolute atomic E-state index is 0.0647. The lowest BCUT2D eigenvalue weighted by Gasteiger charge is -2.01. The van der Waals surface area contributed by atoms with Crippen LogP contribution < -0.4 is 5.32 Å². The van der Waals surface area contributed by atoms with Crippen molar-refractivity contribution in [2.75, 3.05) is 5.32 Å². The topological polar surface area (TPSA) is 148 Å². The van der Waals surface area contributed by atoms with E-state index in [4.69, 9.17) is 0 Å². The van der Waals surface area contributed by atoms with E-state index in [2.05, 4.69) is 10.3 Å². The molecule has 1 aliphatic rings. The van der Waals surface area contributed by atoms with E-state index in [1.807, 2.05) is 0 Å². The molecule has 0 saturated heterocycles. The standard InChI is InChI=1S/C14H8N4O6/c19-12-6-8(18(23)24)2-4-11(12)15-13-9-5-7(17(21)22)1-3-10(9)16-14(13)20/h1-6,19H,(H,15,16,20). The van der Waals surface area contributed by atoms with Crippen molar-refractivity contribution in [1.29, 1.82) is 0 Å². The summed E-state index contributed by atoms with van der Waals surface area (Å²) in [5.74, 6) is -1.08. The second-order valence-electron chi connectivity index (χ2n) is 4.83. The van der Waals surface area contributed by atoms with Gasteiger partial charge in [-0.15, -0.1) is 0 Å². The Labute approximate surface area is 133 Å². The predicted molar refractivity (Wildman–Crippen MR) is 82.7 cm³/mol. The minimum Gasteiger partial charge on any atom is -0.505 e. The van der Waals surface area contributed by atoms with Crippen LogP contribution in [0.1, 0.15) is 5.56 Å². The fourth-order valence-electron chi connectivity index (χ4n) is 2.21. The van der Waals surface area contributed by atoms with Gasteiger partial charge in [0, 0.05) is 23.8 Å². The first-order valence-electron chi connectivity index (χ1n) is 6.53. The Balaban J connectivity index is 2.09. The van der Waals surface area contributed by atoms with Gasteiger partial charge in [0.1, 0.15) is 17.1 Å². The number of nitrogens with one attached hydrogen (secondary N) is 1. The fraction of sp³-hybridized carbons (Fsp3) is 0. The largest absolute Gasteiger partial charge is 0.505 e. The first kappa shape index (κ1) is 15.1. The number of carbonyl (C=O) groups excluding carboxylic acids is 1. The highest BCUT2D eigenvalue weighted by Gasteiger charge is 2.28. The summed E-state index contributed by atoms with van der Waals surface area (Å²) in [6.07, 6.45) is 0. The van der Waals surface area contributed by atoms with Gasteiger partial charge in [-0.1, -0.05) is 0 Å². The number of aliphatic imine (C=N–C) groups is 1. The maximum absolute atomic E-state index is 12.0. The van der Waals surface area contributed by atoms with E-state index in [-0.39, 0.29) is 28.3 Å². The normalized spacial score (nSPS) is 14.3. The number of aromatic hydroxyl groups is 1. The zero-order valence-electron chi connectivity index (χ0n) is 11.8. The number of amides is 1. The van der Waals surface area contributed by atoms with Gasteiger partial charge in [0.25, 0.3) is 17.3 Å². The van der Waals surface area contributed by atoms with Gasteiger partial charge in [0.05, 0.1) is 21.6 Å². The molecule has 2 N–H and O–H groups in total. The molecule has 3 rings (SSSR count). The second-order valence-corrected chi connectivity index (χ2v) is 4.83. The third kappa shape index (κ3) is 2.52. The molecular formula is C14H8N4O6. The Bertz CT molecular complexity index is 937. The van der Waals surface area contributed by atoms with Crippen LogP contribution in [0.5, 0.6) is 5.75 Å². The lowest BCUT2D eigenvalue weighted by atomic mass is 10.1. The highest BCUT2D eigenvalue weighted by atomic mass is 16.6. The molecule has 0 spiro atoms. The number of benzene rings is 2. The fourth-order valence-corrected chi connectivity index (χ4v) is 2.21. The van der Waals surface area contributed by atoms with E-state index >= 15 is 0 Å². The van der Waals surface area contributed by atoms with Gasteiger partial charge in [0.15, 0.2) is 0 Å². The van der Waals surface area contributed by atoms with Crippen LogP contribution in [0, 0.1) is 20.2 Å². The zero-order valence-corrected chi connectivity index (χ0v) is 11.8. The number of phenolic OH excluding ortho intramolecular Hbond substituents is 1. The Kier molecular flexibility index (Phi) is 3.41. The molecule has 120 valence electrons. The molecule has 0 bridgehead atoms. The highest BCUT2D eigenvalue weighted by Crippen LogP contribution is 2.34. The Hall–Kier alpha value is -3.82. The Morgan fingerprint density at radius 3 is 2.25 bits per heavy atom. The van der Waals surface area contributed by atoms with Crippen LogP contribution in [0.3, 0.4) is 0 Å². The summed E-state index contributed by atoms with van der Waals surface area (Å²) in [4.78, 5) is 36.2. The number of rotatable bonds is 3. The molecule has 0 aliphatic carbocycles. The Morgan fingerprint density at radius 2 is 1.62 bits per heavy atom. The quantitative estimate of drug-likeness (QED) is 0.652. The van der Waals surface area contributed by atoms with Crippen LogP contribution >= 0.6 is 0 Å². The van der Waals surface area contributed by atoms with Crippen LogP contribution in [0.25, 0.3) is 0 Å². The number of hydrogen-bond donors (Lipinski definition) is 2. The van der Waals surface area contributed by atoms with Crippen LogP contribution in [-0.4, -0.2) is 26.6 Å². The molecule has 1 aliphatic heterocycles. The highest BCUT2D eigenvalue weighted by molar-refractivity contribution is 6.54. The van der Waals surface area contributed by atoms with Gasteiger partial charge in [-0.05, 0) is 12.1 Å². The van der Waals surface area contributed by atoms with Crippen LogP contribution in [0.15, 0.2) is 41.4 Å². The first-order valence-corrected chi connectivity index (χ1v) is 6.53. The lowest BCUT2D eigenvalue weighted by molar-refractivity contribution is -0.385. The molecule has 2 aromatic carbocycles. The zero-order chi connectivity index (χ0) is 17.4. The number of nitro groups is 2. The van der Waals surface area contributed by atoms with Gasteiger partial charge >= 0.3 is 0 Å². The summed E-state index contributed by atoms with van der Waals surface area (Å²) in [5, 5.41) is 33.8. The Morgan fingerprint density at radius 1 is 1.00 bits per heavy atom. The maximum Gasteiger partial charge on any atom is 0.275 e. The number of non-ortho nitro benzene ring substituents is 2. The van der Waals surface area contributed by atoms with Crippen molar-refractivity contribution < 1.29 is 19.7 Å². The average Bonchev–Trinajstić information content (AvgIpc) is 2.84. The number of anilines is 1. The number of nitrogens with zero attached hydrogens (tertiary/aromatic N) is 3. The predicted octanol–water partition coefficient (Wildman–Crippen LogP) is 2.28. The van der Waals surface area contributed by atoms with Gasteiger partial charge in [-0.25, -0.2) is 4.99 Å². The van der Waals surface area contributed by atoms with E-state index in [1.165, 1.54) is 24.3 Å². The molecule has 1 amide bonds. The monoisotopic (exact) mass is 328 g/mol. The lowest BCUT2D eigenvalue weighted by Crippen LogP contribution is -2.13. The van der Waals surface area contributed by atoms with Gasteiger partial charge in [-0.2, -0.15) is 0 Å². The van der Waals surface area contributed by atoms with Crippen molar-refractivity contribution in [2.24, 2.45) is 4.99 Å². The summed E-state index contributed by atoms with van der Waals surface area (Å²) >= 11 is 0. The number of nitro benzene ring substituents is 2. The molecule has 0 radical (unpaired) electrons. The van der Waals surface area contributed by atoms with E-state index in [9.17, 15) is 30.1 Å². The molecule has 0 unspecified atom stereocenters. The van der Waals surface area contributed by atoms with Crippen molar-refractivity contribution in [3.63, 3.8) is 0 Å². The molecule has 0 atom stereocenters. The van der Waals surface area contributed by atoms with Crippen LogP contribution in [0.4, 0.5) is 22.7 Å². The molecule has 0 saturated carbocycles. The second kappa shape index (κ2) is 5.43. The molecule has 24 heavy (non-hydrogen) atoms. The third-order valence-corrected chi connectivity index (χ3v) is 3.33. The number of hydrogen-bond acceptors (Lipinski definition) is 7. The van der Waals surface area contributed by atoms with Crippen molar-refractivity contribution in [1.82, 2.24) is 0 Å². The third-order valence-electron chi connectivity index (χ3n) is 3.33. The first-order chi connectivity index (χ1) is 11.4. The number of phenols is 1. The van der Waals surface area contributed by atoms with Crippen molar-refractivity contribution in [2.45, 2.75) is 0 Å². The van der Waals surface area contributed by atoms with E-state index in [0.29, 0.717) is 5.69 Å². The van der Waals surface area contributed by atoms with Crippen molar-refractivity contribution >= 4 is 34.4 Å². The molecule has 2 aromatic rings. The van der Waals surface area contributed by atoms with Crippen LogP contribution in [0.2, 0.25) is 0 Å². The molecule has 10 nitrogen and oxygen atoms in total. The molecule has 0 fully saturated rings. The van der Waals surface area contributed by atoms with Crippen molar-refractivity contribution in [3.05, 3.63) is 62.2 Å². The molecule has 1 heterocycles. The minimum atomic E-state index is -0.683. The molecule has 0 aromatic heterocycles. The molecule has 10 heteroatoms. The summed E-state index contributed by atoms with van der Waals surface area (Å²) in [7, 11) is 0. The van der Waals surface area contributed by atoms with Crippen LogP contribution in [-0.2, 0) is 4.79 Å². The van der Waals surface area contributed by atoms with Gasteiger partial charge in [-0.3, -0.25) is 25.0 Å². The number of carbonyl (C=O) groups is 1. The van der Waals surface area contributed by atoms with Gasteiger partial charge < -0.3 is 10.4 Å². The SMILES string of the molecule is O=C1Nc2ccc([N+](=O)[O-])cc2C1=Nc1ccc([N+](=O)[O-])cc1O. The smallest absolute Gasteiger partial charge is 0.275 e. The van der Waals surface area contributed by atoms with E-state index in [0.717, 1.165) is 12.1 Å². The number of fused-ring (bicyclic) bond motifs is 1. The van der Waals surface area contributed by atoms with Gasteiger partial charge in [0.2, 0.25) is 0 Å². The summed E-state index contributed by atoms with van der Waals surface area (Å²) in [6.45, 7) is 0. The molecular weight excluding hydrogens is 320 g/mol.